The lowest BCUT2D eigenvalue weighted by molar-refractivity contribution is 0.0640. The van der Waals surface area contributed by atoms with Crippen molar-refractivity contribution in [1.82, 2.24) is 14.2 Å². The Morgan fingerprint density at radius 1 is 1.05 bits per heavy atom. The summed E-state index contributed by atoms with van der Waals surface area (Å²) in [6, 6.07) is 5.16. The van der Waals surface area contributed by atoms with E-state index in [1.165, 1.54) is 12.3 Å². The van der Waals surface area contributed by atoms with Crippen molar-refractivity contribution < 1.29 is 27.0 Å². The Labute approximate surface area is 242 Å². The third-order valence-corrected chi connectivity index (χ3v) is 17.0. The largest absolute Gasteiger partial charge is 0.486 e. The number of morpholine rings is 1. The fourth-order valence-corrected chi connectivity index (χ4v) is 9.55. The molecule has 0 aliphatic carbocycles. The van der Waals surface area contributed by atoms with E-state index in [0.29, 0.717) is 49.0 Å². The van der Waals surface area contributed by atoms with Crippen LogP contribution in [0.4, 0.5) is 10.2 Å². The van der Waals surface area contributed by atoms with Crippen LogP contribution in [0.2, 0.25) is 18.1 Å². The normalized spacial score (nSPS) is 21.3. The van der Waals surface area contributed by atoms with Gasteiger partial charge in [-0.25, -0.2) is 22.8 Å². The van der Waals surface area contributed by atoms with E-state index in [9.17, 15) is 8.42 Å². The number of nitrogens with zero attached hydrogens (tertiary/aromatic N) is 4. The molecule has 0 radical (unpaired) electrons. The SMILES string of the molecule is CC(C)(C)[Si](C)(C)n1ccc2c(-c3nc4c(c(C5(S(C)(=O)=O)CCOCC5)n3)OCC3COCCN43)c(F)ccc21. The molecule has 2 aromatic heterocycles. The molecule has 1 unspecified atom stereocenters. The van der Waals surface area contributed by atoms with Crippen molar-refractivity contribution in [3.8, 4) is 17.1 Å². The Kier molecular flexibility index (Phi) is 6.79. The van der Waals surface area contributed by atoms with Crippen LogP contribution in [-0.4, -0.2) is 82.7 Å². The van der Waals surface area contributed by atoms with Crippen LogP contribution in [0.1, 0.15) is 39.3 Å². The molecule has 2 fully saturated rings. The molecule has 1 atom stereocenters. The molecular formula is C29H39FN4O5SSi. The van der Waals surface area contributed by atoms with Crippen LogP contribution >= 0.6 is 0 Å². The van der Waals surface area contributed by atoms with Gasteiger partial charge in [-0.2, -0.15) is 0 Å². The molecule has 3 aliphatic rings. The molecule has 222 valence electrons. The summed E-state index contributed by atoms with van der Waals surface area (Å²) in [5.41, 5.74) is 1.49. The first kappa shape index (κ1) is 28.6. The number of sulfone groups is 1. The van der Waals surface area contributed by atoms with Crippen LogP contribution in [-0.2, 0) is 24.1 Å². The quantitative estimate of drug-likeness (QED) is 0.396. The van der Waals surface area contributed by atoms with Gasteiger partial charge in [-0.1, -0.05) is 33.9 Å². The van der Waals surface area contributed by atoms with Crippen molar-refractivity contribution >= 4 is 34.8 Å². The maximum absolute atomic E-state index is 15.9. The van der Waals surface area contributed by atoms with Crippen molar-refractivity contribution in [2.45, 2.75) is 62.5 Å². The fourth-order valence-electron chi connectivity index (χ4n) is 6.19. The van der Waals surface area contributed by atoms with Gasteiger partial charge in [0.25, 0.3) is 0 Å². The summed E-state index contributed by atoms with van der Waals surface area (Å²) in [6.45, 7) is 13.8. The minimum Gasteiger partial charge on any atom is -0.486 e. The average molecular weight is 603 g/mol. The van der Waals surface area contributed by atoms with Crippen LogP contribution in [0, 0.1) is 5.82 Å². The number of rotatable bonds is 4. The highest BCUT2D eigenvalue weighted by atomic mass is 32.2. The summed E-state index contributed by atoms with van der Waals surface area (Å²) in [5.74, 6) is 0.581. The van der Waals surface area contributed by atoms with E-state index in [1.54, 1.807) is 0 Å². The topological polar surface area (TPSA) is 95.8 Å². The number of hydrogen-bond donors (Lipinski definition) is 0. The second-order valence-corrected chi connectivity index (χ2v) is 20.4. The van der Waals surface area contributed by atoms with Gasteiger partial charge in [-0.15, -0.1) is 0 Å². The number of anilines is 1. The molecule has 0 saturated carbocycles. The number of fused-ring (bicyclic) bond motifs is 4. The summed E-state index contributed by atoms with van der Waals surface area (Å²) in [6.07, 6.45) is 3.76. The van der Waals surface area contributed by atoms with Gasteiger partial charge in [0.05, 0.1) is 24.8 Å². The number of benzene rings is 1. The molecule has 41 heavy (non-hydrogen) atoms. The van der Waals surface area contributed by atoms with Crippen LogP contribution in [0.5, 0.6) is 5.75 Å². The molecule has 0 amide bonds. The van der Waals surface area contributed by atoms with Crippen molar-refractivity contribution in [3.63, 3.8) is 0 Å². The molecule has 2 saturated heterocycles. The summed E-state index contributed by atoms with van der Waals surface area (Å²) in [5, 5.41) is 0.757. The van der Waals surface area contributed by atoms with Crippen LogP contribution in [0.25, 0.3) is 22.3 Å². The lowest BCUT2D eigenvalue weighted by atomic mass is 9.93. The van der Waals surface area contributed by atoms with Gasteiger partial charge in [0, 0.05) is 36.9 Å². The van der Waals surface area contributed by atoms with Gasteiger partial charge >= 0.3 is 0 Å². The minimum atomic E-state index is -3.67. The third kappa shape index (κ3) is 4.40. The molecule has 6 rings (SSSR count). The van der Waals surface area contributed by atoms with Crippen molar-refractivity contribution in [2.24, 2.45) is 0 Å². The Bertz CT molecular complexity index is 1610. The standard InChI is InChI=1S/C29H39FN4O5SSi/c1-28(2,3)41(5,6)34-12-9-20-22(34)8-7-21(30)23(20)26-31-25(29(40(4,35)36)10-14-37-15-11-29)24-27(32-26)33-13-16-38-17-19(33)18-39-24/h7-9,12,19H,10-11,13-18H2,1-6H3. The molecule has 1 aromatic carbocycles. The van der Waals surface area contributed by atoms with Gasteiger partial charge in [0.2, 0.25) is 0 Å². The van der Waals surface area contributed by atoms with Gasteiger partial charge in [0.15, 0.2) is 35.5 Å². The Hall–Kier alpha value is -2.54. The first-order valence-corrected chi connectivity index (χ1v) is 19.1. The van der Waals surface area contributed by atoms with Crippen LogP contribution < -0.4 is 9.64 Å². The van der Waals surface area contributed by atoms with Crippen molar-refractivity contribution in [1.29, 1.82) is 0 Å². The summed E-state index contributed by atoms with van der Waals surface area (Å²) in [7, 11) is -5.71. The maximum Gasteiger partial charge on any atom is 0.185 e. The van der Waals surface area contributed by atoms with E-state index in [1.807, 2.05) is 18.3 Å². The predicted molar refractivity (Wildman–Crippen MR) is 160 cm³/mol. The highest BCUT2D eigenvalue weighted by Crippen LogP contribution is 2.49. The van der Waals surface area contributed by atoms with E-state index in [4.69, 9.17) is 24.2 Å². The van der Waals surface area contributed by atoms with E-state index >= 15 is 4.39 Å². The number of ether oxygens (including phenoxy) is 3. The Morgan fingerprint density at radius 3 is 2.46 bits per heavy atom. The Morgan fingerprint density at radius 2 is 1.78 bits per heavy atom. The van der Waals surface area contributed by atoms with E-state index < -0.39 is 28.6 Å². The van der Waals surface area contributed by atoms with Gasteiger partial charge in [-0.05, 0) is 42.3 Å². The van der Waals surface area contributed by atoms with Gasteiger partial charge < -0.3 is 23.3 Å². The molecular weight excluding hydrogens is 563 g/mol. The molecule has 0 spiro atoms. The second kappa shape index (κ2) is 9.75. The molecule has 3 aliphatic heterocycles. The molecule has 12 heteroatoms. The second-order valence-electron chi connectivity index (χ2n) is 13.0. The fraction of sp³-hybridized carbons (Fsp3) is 0.586. The molecule has 3 aromatic rings. The van der Waals surface area contributed by atoms with Gasteiger partial charge in [-0.3, -0.25) is 0 Å². The monoisotopic (exact) mass is 602 g/mol. The average Bonchev–Trinajstić information content (AvgIpc) is 3.36. The summed E-state index contributed by atoms with van der Waals surface area (Å²) in [4.78, 5) is 12.0. The number of hydrogen-bond acceptors (Lipinski definition) is 8. The first-order chi connectivity index (χ1) is 19.3. The maximum atomic E-state index is 15.9. The minimum absolute atomic E-state index is 0.0522. The predicted octanol–water partition coefficient (Wildman–Crippen LogP) is 4.74. The Balaban J connectivity index is 1.64. The number of aromatic nitrogens is 3. The van der Waals surface area contributed by atoms with Crippen molar-refractivity contribution in [2.75, 3.05) is 50.7 Å². The third-order valence-electron chi connectivity index (χ3n) is 9.69. The molecule has 5 heterocycles. The smallest absolute Gasteiger partial charge is 0.185 e. The summed E-state index contributed by atoms with van der Waals surface area (Å²) < 4.78 is 61.5. The van der Waals surface area contributed by atoms with E-state index in [0.717, 1.165) is 5.52 Å². The number of halogens is 1. The zero-order valence-corrected chi connectivity index (χ0v) is 26.5. The highest BCUT2D eigenvalue weighted by Gasteiger charge is 2.50. The zero-order chi connectivity index (χ0) is 29.4. The van der Waals surface area contributed by atoms with E-state index in [2.05, 4.69) is 43.0 Å². The lowest BCUT2D eigenvalue weighted by Gasteiger charge is -2.43. The van der Waals surface area contributed by atoms with Gasteiger partial charge in [0.1, 0.15) is 22.9 Å². The van der Waals surface area contributed by atoms with Crippen LogP contribution in [0.15, 0.2) is 24.4 Å². The molecule has 0 N–H and O–H groups in total. The zero-order valence-electron chi connectivity index (χ0n) is 24.7. The van der Waals surface area contributed by atoms with E-state index in [-0.39, 0.29) is 48.5 Å². The lowest BCUT2D eigenvalue weighted by Crippen LogP contribution is -2.52. The molecule has 9 nitrogen and oxygen atoms in total. The van der Waals surface area contributed by atoms with Crippen LogP contribution in [0.3, 0.4) is 0 Å². The van der Waals surface area contributed by atoms with Crippen molar-refractivity contribution in [3.05, 3.63) is 35.9 Å². The highest BCUT2D eigenvalue weighted by molar-refractivity contribution is 7.91. The molecule has 0 bridgehead atoms. The first-order valence-electron chi connectivity index (χ1n) is 14.2. The summed E-state index contributed by atoms with van der Waals surface area (Å²) >= 11 is 0.